The van der Waals surface area contributed by atoms with Crippen molar-refractivity contribution >= 4 is 5.96 Å². The number of methoxy groups -OCH3 is 1. The Bertz CT molecular complexity index is 351. The Kier molecular flexibility index (Phi) is 6.03. The summed E-state index contributed by atoms with van der Waals surface area (Å²) in [6, 6.07) is 6.42. The number of ether oxygens (including phenoxy) is 1. The molecule has 0 saturated heterocycles. The number of hydrogen-bond donors (Lipinski definition) is 2. The van der Waals surface area contributed by atoms with Crippen LogP contribution in [0.4, 0.5) is 4.39 Å². The summed E-state index contributed by atoms with van der Waals surface area (Å²) >= 11 is 0. The number of hydrogen-bond acceptors (Lipinski definition) is 2. The van der Waals surface area contributed by atoms with Crippen LogP contribution in [0.25, 0.3) is 0 Å². The summed E-state index contributed by atoms with van der Waals surface area (Å²) in [5.74, 6) is 0.187. The first-order valence-corrected chi connectivity index (χ1v) is 5.49. The van der Waals surface area contributed by atoms with Gasteiger partial charge in [0.2, 0.25) is 0 Å². The fraction of sp³-hybridized carbons (Fsp3) is 0.417. The van der Waals surface area contributed by atoms with E-state index in [2.05, 4.69) is 10.3 Å². The highest BCUT2D eigenvalue weighted by molar-refractivity contribution is 5.77. The smallest absolute Gasteiger partial charge is 0.188 e. The third-order valence-electron chi connectivity index (χ3n) is 2.21. The molecule has 0 spiro atoms. The van der Waals surface area contributed by atoms with Crippen molar-refractivity contribution in [3.63, 3.8) is 0 Å². The molecular formula is C12H18FN3O. The van der Waals surface area contributed by atoms with Crippen LogP contribution in [0.3, 0.4) is 0 Å². The molecule has 0 saturated carbocycles. The van der Waals surface area contributed by atoms with E-state index in [1.54, 1.807) is 19.2 Å². The number of nitrogens with zero attached hydrogens (tertiary/aromatic N) is 1. The number of nitrogens with two attached hydrogens (primary N) is 1. The number of rotatable bonds is 6. The second kappa shape index (κ2) is 7.62. The van der Waals surface area contributed by atoms with Gasteiger partial charge in [-0.25, -0.2) is 4.39 Å². The summed E-state index contributed by atoms with van der Waals surface area (Å²) in [5, 5.41) is 2.98. The molecular weight excluding hydrogens is 221 g/mol. The Labute approximate surface area is 101 Å². The summed E-state index contributed by atoms with van der Waals surface area (Å²) < 4.78 is 17.5. The Hall–Kier alpha value is -1.62. The van der Waals surface area contributed by atoms with Crippen molar-refractivity contribution in [2.45, 2.75) is 6.42 Å². The van der Waals surface area contributed by atoms with Crippen molar-refractivity contribution in [1.29, 1.82) is 0 Å². The maximum absolute atomic E-state index is 12.6. The Balaban J connectivity index is 2.23. The molecule has 0 aliphatic carbocycles. The first-order chi connectivity index (χ1) is 8.22. The molecule has 1 aromatic rings. The molecule has 0 fully saturated rings. The van der Waals surface area contributed by atoms with Gasteiger partial charge in [-0.15, -0.1) is 0 Å². The van der Waals surface area contributed by atoms with E-state index in [-0.39, 0.29) is 5.82 Å². The zero-order valence-electron chi connectivity index (χ0n) is 9.95. The summed E-state index contributed by atoms with van der Waals surface area (Å²) in [6.45, 7) is 1.78. The predicted molar refractivity (Wildman–Crippen MR) is 66.5 cm³/mol. The summed E-state index contributed by atoms with van der Waals surface area (Å²) in [5.41, 5.74) is 6.68. The minimum absolute atomic E-state index is 0.220. The lowest BCUT2D eigenvalue weighted by atomic mass is 10.1. The molecule has 0 atom stereocenters. The largest absolute Gasteiger partial charge is 0.383 e. The van der Waals surface area contributed by atoms with E-state index in [9.17, 15) is 4.39 Å². The van der Waals surface area contributed by atoms with Crippen molar-refractivity contribution in [2.75, 3.05) is 26.8 Å². The highest BCUT2D eigenvalue weighted by atomic mass is 19.1. The van der Waals surface area contributed by atoms with Crippen LogP contribution in [0.15, 0.2) is 29.3 Å². The van der Waals surface area contributed by atoms with Crippen LogP contribution in [0.1, 0.15) is 5.56 Å². The minimum Gasteiger partial charge on any atom is -0.383 e. The average molecular weight is 239 g/mol. The van der Waals surface area contributed by atoms with Gasteiger partial charge in [-0.2, -0.15) is 0 Å². The fourth-order valence-electron chi connectivity index (χ4n) is 1.30. The van der Waals surface area contributed by atoms with Gasteiger partial charge in [0.25, 0.3) is 0 Å². The first-order valence-electron chi connectivity index (χ1n) is 5.49. The molecule has 0 unspecified atom stereocenters. The summed E-state index contributed by atoms with van der Waals surface area (Å²) in [7, 11) is 1.62. The molecule has 3 N–H and O–H groups in total. The van der Waals surface area contributed by atoms with Crippen molar-refractivity contribution in [3.05, 3.63) is 35.6 Å². The predicted octanol–water partition coefficient (Wildman–Crippen LogP) is 0.919. The second-order valence-electron chi connectivity index (χ2n) is 3.56. The standard InChI is InChI=1S/C12H18FN3O/c1-17-9-8-16-12(14)15-7-6-10-2-4-11(13)5-3-10/h2-5H,6-9H2,1H3,(H3,14,15,16). The number of benzene rings is 1. The second-order valence-corrected chi connectivity index (χ2v) is 3.56. The van der Waals surface area contributed by atoms with Gasteiger partial charge in [-0.1, -0.05) is 12.1 Å². The number of halogens is 1. The molecule has 0 amide bonds. The van der Waals surface area contributed by atoms with Crippen LogP contribution in [-0.4, -0.2) is 32.8 Å². The molecule has 4 nitrogen and oxygen atoms in total. The molecule has 0 aliphatic rings. The van der Waals surface area contributed by atoms with Gasteiger partial charge in [0.1, 0.15) is 5.82 Å². The van der Waals surface area contributed by atoms with Crippen LogP contribution in [0, 0.1) is 5.82 Å². The lowest BCUT2D eigenvalue weighted by Gasteiger charge is -2.05. The SMILES string of the molecule is COCCN=C(N)NCCc1ccc(F)cc1. The Morgan fingerprint density at radius 1 is 1.41 bits per heavy atom. The Morgan fingerprint density at radius 3 is 2.76 bits per heavy atom. The summed E-state index contributed by atoms with van der Waals surface area (Å²) in [4.78, 5) is 4.06. The van der Waals surface area contributed by atoms with Crippen LogP contribution in [0.5, 0.6) is 0 Å². The Morgan fingerprint density at radius 2 is 2.12 bits per heavy atom. The summed E-state index contributed by atoms with van der Waals surface area (Å²) in [6.07, 6.45) is 0.779. The van der Waals surface area contributed by atoms with Crippen molar-refractivity contribution in [3.8, 4) is 0 Å². The maximum Gasteiger partial charge on any atom is 0.188 e. The van der Waals surface area contributed by atoms with E-state index in [1.807, 2.05) is 0 Å². The van der Waals surface area contributed by atoms with Crippen LogP contribution >= 0.6 is 0 Å². The fourth-order valence-corrected chi connectivity index (χ4v) is 1.30. The van der Waals surface area contributed by atoms with Gasteiger partial charge in [0.15, 0.2) is 5.96 Å². The van der Waals surface area contributed by atoms with Crippen LogP contribution in [0.2, 0.25) is 0 Å². The van der Waals surface area contributed by atoms with Crippen molar-refractivity contribution in [1.82, 2.24) is 5.32 Å². The number of aliphatic imine (C=N–C) groups is 1. The van der Waals surface area contributed by atoms with Crippen LogP contribution in [-0.2, 0) is 11.2 Å². The van der Waals surface area contributed by atoms with Gasteiger partial charge >= 0.3 is 0 Å². The molecule has 94 valence electrons. The van der Waals surface area contributed by atoms with E-state index in [0.717, 1.165) is 12.0 Å². The zero-order valence-corrected chi connectivity index (χ0v) is 9.95. The van der Waals surface area contributed by atoms with Gasteiger partial charge in [0, 0.05) is 13.7 Å². The molecule has 5 heteroatoms. The molecule has 0 aromatic heterocycles. The number of guanidine groups is 1. The monoisotopic (exact) mass is 239 g/mol. The van der Waals surface area contributed by atoms with Gasteiger partial charge < -0.3 is 15.8 Å². The molecule has 0 bridgehead atoms. The van der Waals surface area contributed by atoms with E-state index in [4.69, 9.17) is 10.5 Å². The molecule has 1 rings (SSSR count). The lowest BCUT2D eigenvalue weighted by molar-refractivity contribution is 0.208. The molecule has 0 radical (unpaired) electrons. The molecule has 0 aliphatic heterocycles. The topological polar surface area (TPSA) is 59.6 Å². The highest BCUT2D eigenvalue weighted by Gasteiger charge is 1.95. The van der Waals surface area contributed by atoms with E-state index in [0.29, 0.717) is 25.7 Å². The van der Waals surface area contributed by atoms with Gasteiger partial charge in [-0.05, 0) is 24.1 Å². The van der Waals surface area contributed by atoms with Gasteiger partial charge in [-0.3, -0.25) is 4.99 Å². The molecule has 17 heavy (non-hydrogen) atoms. The highest BCUT2D eigenvalue weighted by Crippen LogP contribution is 2.02. The molecule has 1 aromatic carbocycles. The zero-order chi connectivity index (χ0) is 12.5. The third-order valence-corrected chi connectivity index (χ3v) is 2.21. The lowest BCUT2D eigenvalue weighted by Crippen LogP contribution is -2.33. The quantitative estimate of drug-likeness (QED) is 0.441. The van der Waals surface area contributed by atoms with Crippen molar-refractivity contribution < 1.29 is 9.13 Å². The van der Waals surface area contributed by atoms with Crippen LogP contribution < -0.4 is 11.1 Å². The maximum atomic E-state index is 12.6. The normalized spacial score (nSPS) is 11.5. The number of nitrogens with one attached hydrogen (secondary N) is 1. The first kappa shape index (κ1) is 13.4. The minimum atomic E-state index is -0.220. The third kappa shape index (κ3) is 5.87. The van der Waals surface area contributed by atoms with E-state index >= 15 is 0 Å². The van der Waals surface area contributed by atoms with Crippen molar-refractivity contribution in [2.24, 2.45) is 10.7 Å². The van der Waals surface area contributed by atoms with E-state index in [1.165, 1.54) is 12.1 Å². The average Bonchev–Trinajstić information content (AvgIpc) is 2.32. The van der Waals surface area contributed by atoms with Gasteiger partial charge in [0.05, 0.1) is 13.2 Å². The molecule has 0 heterocycles. The van der Waals surface area contributed by atoms with E-state index < -0.39 is 0 Å².